The molecule has 0 radical (unpaired) electrons. The zero-order chi connectivity index (χ0) is 7.84. The van der Waals surface area contributed by atoms with Gasteiger partial charge in [-0.15, -0.1) is 0 Å². The molecule has 2 saturated carbocycles. The molecule has 0 aromatic heterocycles. The van der Waals surface area contributed by atoms with E-state index in [2.05, 4.69) is 13.2 Å². The SMILES string of the molecule is C=C1CCC2CC1CCC2=C. The van der Waals surface area contributed by atoms with Gasteiger partial charge in [0.15, 0.2) is 0 Å². The molecule has 0 heterocycles. The van der Waals surface area contributed by atoms with Crippen LogP contribution in [0, 0.1) is 11.8 Å². The first-order valence-corrected chi connectivity index (χ1v) is 4.62. The summed E-state index contributed by atoms with van der Waals surface area (Å²) in [4.78, 5) is 0. The van der Waals surface area contributed by atoms with Gasteiger partial charge in [0.05, 0.1) is 0 Å². The smallest absolute Gasteiger partial charge is 0.0197 e. The Morgan fingerprint density at radius 1 is 0.909 bits per heavy atom. The lowest BCUT2D eigenvalue weighted by Crippen LogP contribution is -2.23. The van der Waals surface area contributed by atoms with Crippen molar-refractivity contribution in [3.05, 3.63) is 24.3 Å². The summed E-state index contributed by atoms with van der Waals surface area (Å²) in [5.74, 6) is 1.69. The molecule has 0 amide bonds. The fourth-order valence-electron chi connectivity index (χ4n) is 2.45. The number of allylic oxidation sites excluding steroid dienone is 2. The van der Waals surface area contributed by atoms with E-state index in [9.17, 15) is 0 Å². The molecule has 0 N–H and O–H groups in total. The Kier molecular flexibility index (Phi) is 1.63. The molecule has 0 saturated heterocycles. The molecule has 11 heavy (non-hydrogen) atoms. The monoisotopic (exact) mass is 148 g/mol. The maximum atomic E-state index is 4.13. The summed E-state index contributed by atoms with van der Waals surface area (Å²) in [5, 5.41) is 0. The second-order valence-corrected chi connectivity index (χ2v) is 4.02. The zero-order valence-electron chi connectivity index (χ0n) is 7.10. The standard InChI is InChI=1S/C11H16/c1-8-3-5-11-7-10(8)6-4-9(11)2/h10-11H,1-7H2. The fraction of sp³-hybridized carbons (Fsp3) is 0.636. The van der Waals surface area contributed by atoms with Crippen molar-refractivity contribution >= 4 is 0 Å². The molecular weight excluding hydrogens is 132 g/mol. The highest BCUT2D eigenvalue weighted by atomic mass is 14.3. The van der Waals surface area contributed by atoms with Crippen molar-refractivity contribution in [3.63, 3.8) is 0 Å². The molecule has 0 aliphatic heterocycles. The maximum Gasteiger partial charge on any atom is -0.0197 e. The van der Waals surface area contributed by atoms with Gasteiger partial charge < -0.3 is 0 Å². The topological polar surface area (TPSA) is 0 Å². The maximum absolute atomic E-state index is 4.13. The first-order valence-electron chi connectivity index (χ1n) is 4.62. The minimum absolute atomic E-state index is 0.847. The summed E-state index contributed by atoms with van der Waals surface area (Å²) < 4.78 is 0. The Bertz CT molecular complexity index is 178. The van der Waals surface area contributed by atoms with Gasteiger partial charge in [-0.25, -0.2) is 0 Å². The van der Waals surface area contributed by atoms with Gasteiger partial charge in [0, 0.05) is 0 Å². The predicted octanol–water partition coefficient (Wildman–Crippen LogP) is 3.31. The van der Waals surface area contributed by atoms with Crippen LogP contribution < -0.4 is 0 Å². The van der Waals surface area contributed by atoms with Gasteiger partial charge in [0.2, 0.25) is 0 Å². The van der Waals surface area contributed by atoms with Gasteiger partial charge in [-0.3, -0.25) is 0 Å². The molecule has 2 atom stereocenters. The Labute approximate surface area is 69.0 Å². The van der Waals surface area contributed by atoms with E-state index in [1.165, 1.54) is 43.3 Å². The second-order valence-electron chi connectivity index (χ2n) is 4.02. The van der Waals surface area contributed by atoms with Gasteiger partial charge in [-0.1, -0.05) is 24.3 Å². The highest BCUT2D eigenvalue weighted by Crippen LogP contribution is 2.44. The molecule has 0 spiro atoms. The second kappa shape index (κ2) is 2.51. The summed E-state index contributed by atoms with van der Waals surface area (Å²) in [7, 11) is 0. The summed E-state index contributed by atoms with van der Waals surface area (Å²) in [6.45, 7) is 8.26. The van der Waals surface area contributed by atoms with Crippen molar-refractivity contribution in [1.82, 2.24) is 0 Å². The average Bonchev–Trinajstić information content (AvgIpc) is 2.02. The van der Waals surface area contributed by atoms with E-state index in [0.29, 0.717) is 0 Å². The van der Waals surface area contributed by atoms with Gasteiger partial charge in [0.1, 0.15) is 0 Å². The molecule has 2 aliphatic carbocycles. The Morgan fingerprint density at radius 2 is 1.36 bits per heavy atom. The molecular formula is C11H16. The first kappa shape index (κ1) is 7.15. The van der Waals surface area contributed by atoms with Crippen LogP contribution in [0.2, 0.25) is 0 Å². The number of hydrogen-bond acceptors (Lipinski definition) is 0. The molecule has 2 aliphatic rings. The minimum atomic E-state index is 0.847. The quantitative estimate of drug-likeness (QED) is 0.462. The summed E-state index contributed by atoms with van der Waals surface area (Å²) >= 11 is 0. The van der Waals surface area contributed by atoms with Crippen molar-refractivity contribution in [2.75, 3.05) is 0 Å². The van der Waals surface area contributed by atoms with Crippen LogP contribution in [-0.2, 0) is 0 Å². The van der Waals surface area contributed by atoms with Crippen molar-refractivity contribution in [3.8, 4) is 0 Å². The lowest BCUT2D eigenvalue weighted by Gasteiger charge is -2.37. The molecule has 2 rings (SSSR count). The van der Waals surface area contributed by atoms with Crippen LogP contribution in [0.1, 0.15) is 32.1 Å². The molecule has 60 valence electrons. The number of fused-ring (bicyclic) bond motifs is 2. The van der Waals surface area contributed by atoms with E-state index >= 15 is 0 Å². The summed E-state index contributed by atoms with van der Waals surface area (Å²) in [6.07, 6.45) is 6.53. The van der Waals surface area contributed by atoms with Crippen molar-refractivity contribution in [1.29, 1.82) is 0 Å². The predicted molar refractivity (Wildman–Crippen MR) is 48.3 cm³/mol. The van der Waals surface area contributed by atoms with E-state index in [1.54, 1.807) is 0 Å². The van der Waals surface area contributed by atoms with Crippen molar-refractivity contribution in [2.45, 2.75) is 32.1 Å². The average molecular weight is 148 g/mol. The van der Waals surface area contributed by atoms with Crippen LogP contribution in [0.15, 0.2) is 24.3 Å². The summed E-state index contributed by atoms with van der Waals surface area (Å²) in [6, 6.07) is 0. The largest absolute Gasteiger partial charge is 0.0996 e. The van der Waals surface area contributed by atoms with E-state index in [-0.39, 0.29) is 0 Å². The summed E-state index contributed by atoms with van der Waals surface area (Å²) in [5.41, 5.74) is 3.02. The highest BCUT2D eigenvalue weighted by molar-refractivity contribution is 5.16. The Hall–Kier alpha value is -0.520. The van der Waals surface area contributed by atoms with Crippen LogP contribution in [0.3, 0.4) is 0 Å². The third kappa shape index (κ3) is 1.15. The van der Waals surface area contributed by atoms with Crippen molar-refractivity contribution in [2.24, 2.45) is 11.8 Å². The lowest BCUT2D eigenvalue weighted by atomic mass is 9.68. The number of rotatable bonds is 0. The number of hydrogen-bond donors (Lipinski definition) is 0. The van der Waals surface area contributed by atoms with Crippen LogP contribution in [0.25, 0.3) is 0 Å². The van der Waals surface area contributed by atoms with Gasteiger partial charge >= 0.3 is 0 Å². The molecule has 2 unspecified atom stereocenters. The van der Waals surface area contributed by atoms with Gasteiger partial charge in [-0.2, -0.15) is 0 Å². The normalized spacial score (nSPS) is 37.5. The Morgan fingerprint density at radius 3 is 1.82 bits per heavy atom. The molecule has 0 aromatic carbocycles. The fourth-order valence-corrected chi connectivity index (χ4v) is 2.45. The third-order valence-electron chi connectivity index (χ3n) is 3.35. The van der Waals surface area contributed by atoms with E-state index in [1.807, 2.05) is 0 Å². The van der Waals surface area contributed by atoms with Crippen molar-refractivity contribution < 1.29 is 0 Å². The molecule has 0 heteroatoms. The van der Waals surface area contributed by atoms with Crippen LogP contribution in [0.4, 0.5) is 0 Å². The van der Waals surface area contributed by atoms with Crippen LogP contribution in [-0.4, -0.2) is 0 Å². The molecule has 2 fully saturated rings. The van der Waals surface area contributed by atoms with E-state index in [0.717, 1.165) is 11.8 Å². The highest BCUT2D eigenvalue weighted by Gasteiger charge is 2.30. The van der Waals surface area contributed by atoms with E-state index in [4.69, 9.17) is 0 Å². The zero-order valence-corrected chi connectivity index (χ0v) is 7.10. The molecule has 0 aromatic rings. The third-order valence-corrected chi connectivity index (χ3v) is 3.35. The minimum Gasteiger partial charge on any atom is -0.0996 e. The molecule has 2 bridgehead atoms. The Balaban J connectivity index is 2.14. The van der Waals surface area contributed by atoms with Crippen LogP contribution in [0.5, 0.6) is 0 Å². The van der Waals surface area contributed by atoms with Gasteiger partial charge in [-0.05, 0) is 43.9 Å². The first-order chi connectivity index (χ1) is 5.27. The van der Waals surface area contributed by atoms with Crippen LogP contribution >= 0.6 is 0 Å². The van der Waals surface area contributed by atoms with E-state index < -0.39 is 0 Å². The lowest BCUT2D eigenvalue weighted by molar-refractivity contribution is 0.307. The molecule has 0 nitrogen and oxygen atoms in total. The van der Waals surface area contributed by atoms with Gasteiger partial charge in [0.25, 0.3) is 0 Å².